The smallest absolute Gasteiger partial charge is 0.238 e. The summed E-state index contributed by atoms with van der Waals surface area (Å²) < 4.78 is 0. The van der Waals surface area contributed by atoms with Crippen molar-refractivity contribution in [1.29, 1.82) is 0 Å². The Labute approximate surface area is 125 Å². The van der Waals surface area contributed by atoms with Crippen LogP contribution in [0.5, 0.6) is 0 Å². The molecule has 110 valence electrons. The van der Waals surface area contributed by atoms with Crippen LogP contribution in [-0.4, -0.2) is 29.9 Å². The van der Waals surface area contributed by atoms with E-state index in [2.05, 4.69) is 24.1 Å². The zero-order chi connectivity index (χ0) is 14.7. The van der Waals surface area contributed by atoms with E-state index in [0.29, 0.717) is 34.9 Å². The van der Waals surface area contributed by atoms with Crippen molar-refractivity contribution in [1.82, 2.24) is 4.90 Å². The molecule has 0 saturated carbocycles. The van der Waals surface area contributed by atoms with Crippen molar-refractivity contribution >= 4 is 28.9 Å². The Morgan fingerprint density at radius 3 is 3.00 bits per heavy atom. The first-order valence-corrected chi connectivity index (χ1v) is 7.44. The van der Waals surface area contributed by atoms with Crippen molar-refractivity contribution in [3.05, 3.63) is 23.2 Å². The molecule has 3 N–H and O–H groups in total. The van der Waals surface area contributed by atoms with Crippen molar-refractivity contribution in [2.24, 2.45) is 5.92 Å². The van der Waals surface area contributed by atoms with Crippen molar-refractivity contribution in [2.75, 3.05) is 24.1 Å². The lowest BCUT2D eigenvalue weighted by atomic mass is 10.0. The standard InChI is InChI=1S/C15H22ClN3O/c1-10(2)14-4-3-7-19(14)9-15(20)18-13-8-11(17)5-6-12(13)16/h5-6,8,10,14H,3-4,7,9,17H2,1-2H3,(H,18,20). The maximum atomic E-state index is 12.1. The summed E-state index contributed by atoms with van der Waals surface area (Å²) in [5.74, 6) is 0.534. The van der Waals surface area contributed by atoms with E-state index in [0.717, 1.165) is 13.0 Å². The minimum absolute atomic E-state index is 0.0370. The zero-order valence-corrected chi connectivity index (χ0v) is 12.8. The second kappa shape index (κ2) is 6.46. The molecule has 0 bridgehead atoms. The largest absolute Gasteiger partial charge is 0.399 e. The highest BCUT2D eigenvalue weighted by molar-refractivity contribution is 6.33. The van der Waals surface area contributed by atoms with Gasteiger partial charge in [-0.3, -0.25) is 9.69 Å². The van der Waals surface area contributed by atoms with E-state index in [1.54, 1.807) is 18.2 Å². The average Bonchev–Trinajstić information content (AvgIpc) is 2.82. The minimum Gasteiger partial charge on any atom is -0.399 e. The van der Waals surface area contributed by atoms with Gasteiger partial charge >= 0.3 is 0 Å². The Bertz CT molecular complexity index is 490. The van der Waals surface area contributed by atoms with Crippen LogP contribution in [0, 0.1) is 5.92 Å². The molecule has 1 heterocycles. The van der Waals surface area contributed by atoms with Crippen LogP contribution in [0.1, 0.15) is 26.7 Å². The number of nitrogens with one attached hydrogen (secondary N) is 1. The number of likely N-dealkylation sites (tertiary alicyclic amines) is 1. The number of hydrogen-bond donors (Lipinski definition) is 2. The number of nitrogen functional groups attached to an aromatic ring is 1. The second-order valence-corrected chi connectivity index (χ2v) is 6.12. The molecule has 2 rings (SSSR count). The average molecular weight is 296 g/mol. The fourth-order valence-corrected chi connectivity index (χ4v) is 2.98. The van der Waals surface area contributed by atoms with Crippen LogP contribution < -0.4 is 11.1 Å². The van der Waals surface area contributed by atoms with Crippen LogP contribution in [-0.2, 0) is 4.79 Å². The molecule has 1 amide bonds. The molecule has 1 aromatic rings. The number of hydrogen-bond acceptors (Lipinski definition) is 3. The summed E-state index contributed by atoms with van der Waals surface area (Å²) in [5.41, 5.74) is 6.88. The summed E-state index contributed by atoms with van der Waals surface area (Å²) in [7, 11) is 0. The summed E-state index contributed by atoms with van der Waals surface area (Å²) in [6.07, 6.45) is 2.33. The molecule has 1 unspecified atom stereocenters. The molecule has 1 aromatic carbocycles. The van der Waals surface area contributed by atoms with E-state index in [1.807, 2.05) is 0 Å². The normalized spacial score (nSPS) is 19.5. The van der Waals surface area contributed by atoms with Crippen LogP contribution >= 0.6 is 11.6 Å². The highest BCUT2D eigenvalue weighted by Crippen LogP contribution is 2.25. The highest BCUT2D eigenvalue weighted by atomic mass is 35.5. The summed E-state index contributed by atoms with van der Waals surface area (Å²) in [4.78, 5) is 14.4. The number of carbonyl (C=O) groups excluding carboxylic acids is 1. The van der Waals surface area contributed by atoms with Gasteiger partial charge in [-0.05, 0) is 43.5 Å². The molecule has 0 radical (unpaired) electrons. The monoisotopic (exact) mass is 295 g/mol. The zero-order valence-electron chi connectivity index (χ0n) is 12.0. The van der Waals surface area contributed by atoms with Gasteiger partial charge in [-0.25, -0.2) is 0 Å². The Kier molecular flexibility index (Phi) is 4.89. The Hall–Kier alpha value is -1.26. The second-order valence-electron chi connectivity index (χ2n) is 5.71. The molecule has 20 heavy (non-hydrogen) atoms. The molecule has 1 aliphatic rings. The van der Waals surface area contributed by atoms with Gasteiger partial charge in [0.2, 0.25) is 5.91 Å². The van der Waals surface area contributed by atoms with Gasteiger partial charge in [0.05, 0.1) is 17.3 Å². The van der Waals surface area contributed by atoms with Crippen molar-refractivity contribution in [3.63, 3.8) is 0 Å². The molecular weight excluding hydrogens is 274 g/mol. The number of rotatable bonds is 4. The van der Waals surface area contributed by atoms with Gasteiger partial charge in [0.15, 0.2) is 0 Å². The van der Waals surface area contributed by atoms with Gasteiger partial charge in [0.25, 0.3) is 0 Å². The lowest BCUT2D eigenvalue weighted by Crippen LogP contribution is -2.39. The number of amides is 1. The predicted molar refractivity (Wildman–Crippen MR) is 83.9 cm³/mol. The van der Waals surface area contributed by atoms with E-state index in [9.17, 15) is 4.79 Å². The van der Waals surface area contributed by atoms with Gasteiger partial charge in [-0.2, -0.15) is 0 Å². The molecule has 1 fully saturated rings. The van der Waals surface area contributed by atoms with E-state index in [1.165, 1.54) is 6.42 Å². The Morgan fingerprint density at radius 1 is 1.55 bits per heavy atom. The van der Waals surface area contributed by atoms with Crippen molar-refractivity contribution in [3.8, 4) is 0 Å². The predicted octanol–water partition coefficient (Wildman–Crippen LogP) is 2.98. The molecule has 1 aliphatic heterocycles. The molecule has 0 spiro atoms. The molecule has 1 saturated heterocycles. The van der Waals surface area contributed by atoms with Crippen molar-refractivity contribution in [2.45, 2.75) is 32.7 Å². The summed E-state index contributed by atoms with van der Waals surface area (Å²) in [6, 6.07) is 5.59. The van der Waals surface area contributed by atoms with Gasteiger partial charge in [0.1, 0.15) is 0 Å². The third-order valence-corrected chi connectivity index (χ3v) is 4.12. The number of nitrogens with zero attached hydrogens (tertiary/aromatic N) is 1. The third kappa shape index (κ3) is 3.64. The number of carbonyl (C=O) groups is 1. The van der Waals surface area contributed by atoms with Gasteiger partial charge in [-0.1, -0.05) is 25.4 Å². The summed E-state index contributed by atoms with van der Waals surface area (Å²) in [5, 5.41) is 3.35. The fraction of sp³-hybridized carbons (Fsp3) is 0.533. The molecule has 0 aromatic heterocycles. The van der Waals surface area contributed by atoms with Crippen LogP contribution in [0.2, 0.25) is 5.02 Å². The van der Waals surface area contributed by atoms with Crippen molar-refractivity contribution < 1.29 is 4.79 Å². The van der Waals surface area contributed by atoms with Crippen LogP contribution in [0.3, 0.4) is 0 Å². The maximum Gasteiger partial charge on any atom is 0.238 e. The lowest BCUT2D eigenvalue weighted by Gasteiger charge is -2.26. The Morgan fingerprint density at radius 2 is 2.30 bits per heavy atom. The van der Waals surface area contributed by atoms with Crippen LogP contribution in [0.4, 0.5) is 11.4 Å². The van der Waals surface area contributed by atoms with Gasteiger partial charge in [0, 0.05) is 11.7 Å². The maximum absolute atomic E-state index is 12.1. The molecular formula is C15H22ClN3O. The Balaban J connectivity index is 1.97. The molecule has 5 heteroatoms. The van der Waals surface area contributed by atoms with E-state index in [4.69, 9.17) is 17.3 Å². The molecule has 4 nitrogen and oxygen atoms in total. The molecule has 1 atom stereocenters. The first-order chi connectivity index (χ1) is 9.47. The number of anilines is 2. The SMILES string of the molecule is CC(C)C1CCCN1CC(=O)Nc1cc(N)ccc1Cl. The van der Waals surface area contributed by atoms with E-state index < -0.39 is 0 Å². The van der Waals surface area contributed by atoms with Crippen LogP contribution in [0.25, 0.3) is 0 Å². The van der Waals surface area contributed by atoms with Crippen LogP contribution in [0.15, 0.2) is 18.2 Å². The highest BCUT2D eigenvalue weighted by Gasteiger charge is 2.28. The van der Waals surface area contributed by atoms with Gasteiger partial charge in [-0.15, -0.1) is 0 Å². The van der Waals surface area contributed by atoms with Gasteiger partial charge < -0.3 is 11.1 Å². The lowest BCUT2D eigenvalue weighted by molar-refractivity contribution is -0.117. The molecule has 0 aliphatic carbocycles. The van der Waals surface area contributed by atoms with E-state index >= 15 is 0 Å². The number of nitrogens with two attached hydrogens (primary N) is 1. The first kappa shape index (κ1) is 15.1. The number of benzene rings is 1. The van der Waals surface area contributed by atoms with E-state index in [-0.39, 0.29) is 5.91 Å². The third-order valence-electron chi connectivity index (χ3n) is 3.79. The fourth-order valence-electron chi connectivity index (χ4n) is 2.82. The summed E-state index contributed by atoms with van der Waals surface area (Å²) in [6.45, 7) is 5.81. The topological polar surface area (TPSA) is 58.4 Å². The number of halogens is 1. The minimum atomic E-state index is -0.0370. The first-order valence-electron chi connectivity index (χ1n) is 7.06. The quantitative estimate of drug-likeness (QED) is 0.840. The summed E-state index contributed by atoms with van der Waals surface area (Å²) >= 11 is 6.05.